The number of likely N-dealkylation sites (N-methyl/N-ethyl adjacent to an activating group) is 1. The Morgan fingerprint density at radius 3 is 2.29 bits per heavy atom. The van der Waals surface area contributed by atoms with Gasteiger partial charge in [-0.25, -0.2) is 0 Å². The van der Waals surface area contributed by atoms with E-state index in [1.807, 2.05) is 31.2 Å². The SMILES string of the molecule is CCNC(CC(=O)OC)C(=O)c1ccc(CC(C)C)cc1. The van der Waals surface area contributed by atoms with Crippen molar-refractivity contribution in [2.45, 2.75) is 39.7 Å². The molecule has 0 saturated heterocycles. The third-order valence-electron chi connectivity index (χ3n) is 3.25. The fraction of sp³-hybridized carbons (Fsp3) is 0.529. The number of hydrogen-bond acceptors (Lipinski definition) is 4. The molecule has 0 heterocycles. The summed E-state index contributed by atoms with van der Waals surface area (Å²) in [4.78, 5) is 23.8. The minimum absolute atomic E-state index is 0.0525. The molecule has 0 aromatic heterocycles. The van der Waals surface area contributed by atoms with Crippen LogP contribution in [0.5, 0.6) is 0 Å². The van der Waals surface area contributed by atoms with Gasteiger partial charge in [-0.1, -0.05) is 45.0 Å². The van der Waals surface area contributed by atoms with Gasteiger partial charge < -0.3 is 10.1 Å². The Morgan fingerprint density at radius 1 is 1.19 bits per heavy atom. The number of esters is 1. The lowest BCUT2D eigenvalue weighted by atomic mass is 9.97. The van der Waals surface area contributed by atoms with Crippen molar-refractivity contribution in [1.82, 2.24) is 5.32 Å². The lowest BCUT2D eigenvalue weighted by Crippen LogP contribution is -2.38. The molecule has 0 aliphatic heterocycles. The van der Waals surface area contributed by atoms with Gasteiger partial charge in [0.05, 0.1) is 19.6 Å². The van der Waals surface area contributed by atoms with Crippen molar-refractivity contribution in [2.24, 2.45) is 5.92 Å². The van der Waals surface area contributed by atoms with Gasteiger partial charge in [0.1, 0.15) is 0 Å². The molecule has 0 amide bonds. The van der Waals surface area contributed by atoms with Crippen molar-refractivity contribution in [3.05, 3.63) is 35.4 Å². The molecule has 0 aliphatic rings. The van der Waals surface area contributed by atoms with Crippen LogP contribution in [0.4, 0.5) is 0 Å². The summed E-state index contributed by atoms with van der Waals surface area (Å²) in [5.74, 6) is 0.129. The first-order valence-electron chi connectivity index (χ1n) is 7.41. The Morgan fingerprint density at radius 2 is 1.81 bits per heavy atom. The minimum atomic E-state index is -0.529. The Hall–Kier alpha value is -1.68. The van der Waals surface area contributed by atoms with Crippen LogP contribution in [0.2, 0.25) is 0 Å². The van der Waals surface area contributed by atoms with Crippen LogP contribution in [-0.4, -0.2) is 31.4 Å². The fourth-order valence-corrected chi connectivity index (χ4v) is 2.23. The molecule has 1 N–H and O–H groups in total. The maximum Gasteiger partial charge on any atom is 0.307 e. The van der Waals surface area contributed by atoms with Crippen molar-refractivity contribution in [1.29, 1.82) is 0 Å². The van der Waals surface area contributed by atoms with Crippen molar-refractivity contribution >= 4 is 11.8 Å². The highest BCUT2D eigenvalue weighted by Crippen LogP contribution is 2.12. The molecule has 21 heavy (non-hydrogen) atoms. The topological polar surface area (TPSA) is 55.4 Å². The van der Waals surface area contributed by atoms with E-state index in [-0.39, 0.29) is 18.2 Å². The van der Waals surface area contributed by atoms with Crippen molar-refractivity contribution < 1.29 is 14.3 Å². The minimum Gasteiger partial charge on any atom is -0.469 e. The normalized spacial score (nSPS) is 12.2. The number of methoxy groups -OCH3 is 1. The highest BCUT2D eigenvalue weighted by atomic mass is 16.5. The number of Topliss-reactive ketones (excluding diaryl/α,β-unsaturated/α-hetero) is 1. The van der Waals surface area contributed by atoms with E-state index in [4.69, 9.17) is 0 Å². The maximum atomic E-state index is 12.4. The van der Waals surface area contributed by atoms with Crippen molar-refractivity contribution in [3.63, 3.8) is 0 Å². The second kappa shape index (κ2) is 8.57. The number of ether oxygens (including phenoxy) is 1. The van der Waals surface area contributed by atoms with E-state index in [1.54, 1.807) is 0 Å². The Labute approximate surface area is 126 Å². The van der Waals surface area contributed by atoms with Gasteiger partial charge in [0, 0.05) is 5.56 Å². The van der Waals surface area contributed by atoms with Crippen LogP contribution in [0, 0.1) is 5.92 Å². The van der Waals surface area contributed by atoms with Gasteiger partial charge in [-0.15, -0.1) is 0 Å². The Bertz CT molecular complexity index is 465. The molecule has 1 rings (SSSR count). The first-order chi connectivity index (χ1) is 9.97. The van der Waals surface area contributed by atoms with E-state index >= 15 is 0 Å². The zero-order valence-electron chi connectivity index (χ0n) is 13.3. The van der Waals surface area contributed by atoms with E-state index in [1.165, 1.54) is 12.7 Å². The average molecular weight is 291 g/mol. The molecule has 0 aliphatic carbocycles. The zero-order chi connectivity index (χ0) is 15.8. The lowest BCUT2D eigenvalue weighted by molar-refractivity contribution is -0.140. The number of benzene rings is 1. The third-order valence-corrected chi connectivity index (χ3v) is 3.25. The predicted octanol–water partition coefficient (Wildman–Crippen LogP) is 2.61. The monoisotopic (exact) mass is 291 g/mol. The van der Waals surface area contributed by atoms with Gasteiger partial charge in [0.15, 0.2) is 5.78 Å². The van der Waals surface area contributed by atoms with Gasteiger partial charge in [-0.05, 0) is 24.4 Å². The van der Waals surface area contributed by atoms with Crippen LogP contribution < -0.4 is 5.32 Å². The van der Waals surface area contributed by atoms with E-state index < -0.39 is 6.04 Å². The van der Waals surface area contributed by atoms with Crippen molar-refractivity contribution in [3.8, 4) is 0 Å². The third kappa shape index (κ3) is 5.68. The molecule has 4 nitrogen and oxygen atoms in total. The average Bonchev–Trinajstić information content (AvgIpc) is 2.46. The molecule has 1 aromatic rings. The van der Waals surface area contributed by atoms with Crippen molar-refractivity contribution in [2.75, 3.05) is 13.7 Å². The summed E-state index contributed by atoms with van der Waals surface area (Å²) in [7, 11) is 1.33. The van der Waals surface area contributed by atoms with E-state index in [2.05, 4.69) is 23.9 Å². The number of nitrogens with one attached hydrogen (secondary N) is 1. The predicted molar refractivity (Wildman–Crippen MR) is 83.4 cm³/mol. The number of rotatable bonds is 8. The summed E-state index contributed by atoms with van der Waals surface area (Å²) in [6.45, 7) is 6.86. The molecule has 1 atom stereocenters. The molecule has 0 spiro atoms. The molecule has 0 bridgehead atoms. The summed E-state index contributed by atoms with van der Waals surface area (Å²) in [5.41, 5.74) is 1.84. The molecule has 4 heteroatoms. The molecule has 1 aromatic carbocycles. The molecule has 0 fully saturated rings. The van der Waals surface area contributed by atoms with Crippen LogP contribution in [0.3, 0.4) is 0 Å². The van der Waals surface area contributed by atoms with Crippen LogP contribution in [-0.2, 0) is 16.0 Å². The smallest absolute Gasteiger partial charge is 0.307 e. The zero-order valence-corrected chi connectivity index (χ0v) is 13.3. The maximum absolute atomic E-state index is 12.4. The summed E-state index contributed by atoms with van der Waals surface area (Å²) in [6, 6.07) is 7.10. The lowest BCUT2D eigenvalue weighted by Gasteiger charge is -2.16. The van der Waals surface area contributed by atoms with Crippen LogP contribution >= 0.6 is 0 Å². The summed E-state index contributed by atoms with van der Waals surface area (Å²) in [5, 5.41) is 3.04. The van der Waals surface area contributed by atoms with Gasteiger partial charge in [-0.2, -0.15) is 0 Å². The van der Waals surface area contributed by atoms with Crippen LogP contribution in [0.25, 0.3) is 0 Å². The largest absolute Gasteiger partial charge is 0.469 e. The molecular weight excluding hydrogens is 266 g/mol. The second-order valence-electron chi connectivity index (χ2n) is 5.55. The van der Waals surface area contributed by atoms with Gasteiger partial charge in [0.25, 0.3) is 0 Å². The van der Waals surface area contributed by atoms with E-state index in [9.17, 15) is 9.59 Å². The molecule has 0 saturated carbocycles. The number of ketones is 1. The van der Waals surface area contributed by atoms with E-state index in [0.29, 0.717) is 18.0 Å². The Kier molecular flexibility index (Phi) is 7.09. The highest BCUT2D eigenvalue weighted by Gasteiger charge is 2.22. The summed E-state index contributed by atoms with van der Waals surface area (Å²) < 4.78 is 4.64. The number of carbonyl (C=O) groups is 2. The number of hydrogen-bond donors (Lipinski definition) is 1. The number of carbonyl (C=O) groups excluding carboxylic acids is 2. The fourth-order valence-electron chi connectivity index (χ4n) is 2.23. The molecule has 116 valence electrons. The van der Waals surface area contributed by atoms with Gasteiger partial charge in [0.2, 0.25) is 0 Å². The summed E-state index contributed by atoms with van der Waals surface area (Å²) >= 11 is 0. The van der Waals surface area contributed by atoms with Gasteiger partial charge in [-0.3, -0.25) is 9.59 Å². The first kappa shape index (κ1) is 17.4. The Balaban J connectivity index is 2.80. The quantitative estimate of drug-likeness (QED) is 0.591. The molecular formula is C17H25NO3. The van der Waals surface area contributed by atoms with E-state index in [0.717, 1.165) is 6.42 Å². The van der Waals surface area contributed by atoms with Crippen LogP contribution in [0.1, 0.15) is 43.1 Å². The molecule has 0 radical (unpaired) electrons. The van der Waals surface area contributed by atoms with Crippen LogP contribution in [0.15, 0.2) is 24.3 Å². The van der Waals surface area contributed by atoms with Gasteiger partial charge >= 0.3 is 5.97 Å². The standard InChI is InChI=1S/C17H25NO3/c1-5-18-15(11-16(19)21-4)17(20)14-8-6-13(7-9-14)10-12(2)3/h6-9,12,15,18H,5,10-11H2,1-4H3. The summed E-state index contributed by atoms with van der Waals surface area (Å²) in [6.07, 6.45) is 1.05. The first-order valence-corrected chi connectivity index (χ1v) is 7.41. The highest BCUT2D eigenvalue weighted by molar-refractivity contribution is 6.01. The second-order valence-corrected chi connectivity index (χ2v) is 5.55. The molecule has 1 unspecified atom stereocenters.